The van der Waals surface area contributed by atoms with Crippen LogP contribution >= 0.6 is 0 Å². The summed E-state index contributed by atoms with van der Waals surface area (Å²) in [5.74, 6) is -0.197. The quantitative estimate of drug-likeness (QED) is 0.280. The Morgan fingerprint density at radius 1 is 1.00 bits per heavy atom. The number of nitrogens with one attached hydrogen (secondary N) is 1. The van der Waals surface area contributed by atoms with E-state index in [0.29, 0.717) is 29.1 Å². The number of anilines is 1. The van der Waals surface area contributed by atoms with E-state index < -0.39 is 5.82 Å². The van der Waals surface area contributed by atoms with Crippen LogP contribution in [0.4, 0.5) is 10.2 Å². The molecule has 1 amide bonds. The third-order valence-corrected chi connectivity index (χ3v) is 6.90. The van der Waals surface area contributed by atoms with Crippen LogP contribution in [0.3, 0.4) is 0 Å². The van der Waals surface area contributed by atoms with Crippen LogP contribution in [-0.2, 0) is 6.54 Å². The molecule has 0 saturated carbocycles. The van der Waals surface area contributed by atoms with Crippen molar-refractivity contribution in [2.75, 3.05) is 5.73 Å². The number of amides is 1. The van der Waals surface area contributed by atoms with E-state index in [2.05, 4.69) is 16.4 Å². The largest absolute Gasteiger partial charge is 0.455 e. The van der Waals surface area contributed by atoms with Crippen LogP contribution < -0.4 is 11.1 Å². The molecular weight excluding hydrogens is 467 g/mol. The van der Waals surface area contributed by atoms with Gasteiger partial charge in [-0.25, -0.2) is 9.37 Å². The minimum atomic E-state index is -0.452. The first-order valence-corrected chi connectivity index (χ1v) is 11.8. The van der Waals surface area contributed by atoms with Crippen molar-refractivity contribution in [1.82, 2.24) is 10.3 Å². The number of halogens is 1. The molecule has 0 saturated heterocycles. The zero-order chi connectivity index (χ0) is 25.8. The van der Waals surface area contributed by atoms with Gasteiger partial charge in [-0.05, 0) is 84.6 Å². The Bertz CT molecular complexity index is 1890. The molecule has 0 unspecified atom stereocenters. The molecule has 3 aromatic heterocycles. The number of hydrogen-bond acceptors (Lipinski definition) is 5. The highest BCUT2D eigenvalue weighted by Crippen LogP contribution is 2.42. The van der Waals surface area contributed by atoms with Crippen molar-refractivity contribution in [3.63, 3.8) is 0 Å². The lowest BCUT2D eigenvalue weighted by Crippen LogP contribution is -2.24. The first kappa shape index (κ1) is 22.5. The van der Waals surface area contributed by atoms with Gasteiger partial charge in [0.25, 0.3) is 5.91 Å². The van der Waals surface area contributed by atoms with E-state index in [1.807, 2.05) is 44.2 Å². The number of fused-ring (bicyclic) bond motifs is 8. The van der Waals surface area contributed by atoms with Crippen molar-refractivity contribution >= 4 is 44.4 Å². The normalized spacial score (nSPS) is 11.4. The van der Waals surface area contributed by atoms with Crippen molar-refractivity contribution in [3.05, 3.63) is 94.4 Å². The molecular formula is C30H21FN4O2. The number of carbonyl (C=O) groups is 1. The molecule has 3 N–H and O–H groups in total. The number of nitrogens with two attached hydrogens (primary N) is 1. The van der Waals surface area contributed by atoms with Crippen molar-refractivity contribution in [1.29, 1.82) is 5.26 Å². The topological polar surface area (TPSA) is 105 Å². The summed E-state index contributed by atoms with van der Waals surface area (Å²) in [5.41, 5.74) is 12.2. The molecule has 0 fully saturated rings. The van der Waals surface area contributed by atoms with E-state index >= 15 is 0 Å². The second-order valence-electron chi connectivity index (χ2n) is 9.19. The Morgan fingerprint density at radius 3 is 2.49 bits per heavy atom. The maximum atomic E-state index is 13.6. The zero-order valence-corrected chi connectivity index (χ0v) is 20.1. The number of aromatic nitrogens is 1. The minimum absolute atomic E-state index is 0.203. The standard InChI is InChI=1S/C30H21FN4O2/c1-15-9-27(33)35-16(2)26(15)14-34-30(36)18-4-7-23-25(12-18)29-24-11-17(3-6-22(24)28(23)37-29)21-8-5-20(31)10-19(21)13-32/h3-12H,14H2,1-2H3,(H2,33,35)(H,34,36). The fraction of sp³-hybridized carbons (Fsp3) is 0.100. The number of pyridine rings is 1. The Labute approximate surface area is 211 Å². The molecule has 3 aromatic carbocycles. The maximum absolute atomic E-state index is 13.6. The maximum Gasteiger partial charge on any atom is 0.251 e. The summed E-state index contributed by atoms with van der Waals surface area (Å²) in [6.45, 7) is 4.16. The van der Waals surface area contributed by atoms with E-state index in [1.54, 1.807) is 18.2 Å². The van der Waals surface area contributed by atoms with E-state index in [9.17, 15) is 14.4 Å². The summed E-state index contributed by atoms with van der Waals surface area (Å²) in [4.78, 5) is 17.3. The molecule has 0 aliphatic rings. The van der Waals surface area contributed by atoms with Crippen LogP contribution in [0.1, 0.15) is 32.7 Å². The Balaban J connectivity index is 1.37. The number of furan rings is 2. The van der Waals surface area contributed by atoms with E-state index in [1.165, 1.54) is 12.1 Å². The molecule has 6 rings (SSSR count). The predicted octanol–water partition coefficient (Wildman–Crippen LogP) is 6.38. The summed E-state index contributed by atoms with van der Waals surface area (Å²) in [6, 6.07) is 19.4. The molecule has 2 bridgehead atoms. The van der Waals surface area contributed by atoms with Gasteiger partial charge in [0.15, 0.2) is 0 Å². The van der Waals surface area contributed by atoms with Crippen molar-refractivity contribution in [3.8, 4) is 17.2 Å². The van der Waals surface area contributed by atoms with Gasteiger partial charge in [-0.15, -0.1) is 0 Å². The Morgan fingerprint density at radius 2 is 1.73 bits per heavy atom. The fourth-order valence-corrected chi connectivity index (χ4v) is 5.07. The summed E-state index contributed by atoms with van der Waals surface area (Å²) >= 11 is 0. The molecule has 37 heavy (non-hydrogen) atoms. The SMILES string of the molecule is Cc1cc(N)nc(C)c1CNC(=O)c1ccc2c(c1)c1oc2c2ccc(-c3ccc(F)cc3C#N)cc21. The van der Waals surface area contributed by atoms with E-state index in [-0.39, 0.29) is 11.5 Å². The number of nitrogen functional groups attached to an aromatic ring is 1. The van der Waals surface area contributed by atoms with Crippen LogP contribution in [0.25, 0.3) is 43.8 Å². The highest BCUT2D eigenvalue weighted by Gasteiger charge is 2.20. The number of nitriles is 1. The predicted molar refractivity (Wildman–Crippen MR) is 142 cm³/mol. The first-order valence-electron chi connectivity index (χ1n) is 11.8. The van der Waals surface area contributed by atoms with Crippen LogP contribution in [0.5, 0.6) is 0 Å². The molecule has 0 aliphatic heterocycles. The van der Waals surface area contributed by atoms with Gasteiger partial charge in [0.1, 0.15) is 22.8 Å². The van der Waals surface area contributed by atoms with Crippen LogP contribution in [0.15, 0.2) is 65.1 Å². The lowest BCUT2D eigenvalue weighted by molar-refractivity contribution is 0.0951. The monoisotopic (exact) mass is 488 g/mol. The van der Waals surface area contributed by atoms with Gasteiger partial charge in [0, 0.05) is 39.3 Å². The molecule has 7 heteroatoms. The average Bonchev–Trinajstić information content (AvgIpc) is 3.44. The number of hydrogen-bond donors (Lipinski definition) is 2. The Hall–Kier alpha value is -4.96. The fourth-order valence-electron chi connectivity index (χ4n) is 5.07. The second kappa shape index (κ2) is 8.32. The smallest absolute Gasteiger partial charge is 0.251 e. The molecule has 0 atom stereocenters. The van der Waals surface area contributed by atoms with E-state index in [0.717, 1.165) is 49.5 Å². The number of nitrogens with zero attached hydrogens (tertiary/aromatic N) is 2. The van der Waals surface area contributed by atoms with Gasteiger partial charge in [0.2, 0.25) is 0 Å². The minimum Gasteiger partial charge on any atom is -0.455 e. The number of aryl methyl sites for hydroxylation is 2. The molecule has 3 heterocycles. The van der Waals surface area contributed by atoms with Crippen molar-refractivity contribution < 1.29 is 13.6 Å². The summed E-state index contributed by atoms with van der Waals surface area (Å²) in [7, 11) is 0. The third-order valence-electron chi connectivity index (χ3n) is 6.90. The van der Waals surface area contributed by atoms with Gasteiger partial charge >= 0.3 is 0 Å². The highest BCUT2D eigenvalue weighted by molar-refractivity contribution is 6.26. The van der Waals surface area contributed by atoms with Crippen LogP contribution in [-0.4, -0.2) is 10.9 Å². The lowest BCUT2D eigenvalue weighted by atomic mass is 9.95. The van der Waals surface area contributed by atoms with Crippen molar-refractivity contribution in [2.45, 2.75) is 20.4 Å². The van der Waals surface area contributed by atoms with Gasteiger partial charge < -0.3 is 15.5 Å². The molecule has 0 aliphatic carbocycles. The van der Waals surface area contributed by atoms with E-state index in [4.69, 9.17) is 10.2 Å². The van der Waals surface area contributed by atoms with Gasteiger partial charge in [-0.3, -0.25) is 4.79 Å². The summed E-state index contributed by atoms with van der Waals surface area (Å²) in [6.07, 6.45) is 0. The van der Waals surface area contributed by atoms with Gasteiger partial charge in [-0.2, -0.15) is 5.26 Å². The summed E-state index contributed by atoms with van der Waals surface area (Å²) in [5, 5.41) is 16.1. The highest BCUT2D eigenvalue weighted by atomic mass is 19.1. The lowest BCUT2D eigenvalue weighted by Gasteiger charge is -2.11. The van der Waals surface area contributed by atoms with Crippen LogP contribution in [0, 0.1) is 31.0 Å². The number of carbonyl (C=O) groups excluding carboxylic acids is 1. The third kappa shape index (κ3) is 3.62. The van der Waals surface area contributed by atoms with Crippen LogP contribution in [0.2, 0.25) is 0 Å². The molecule has 180 valence electrons. The van der Waals surface area contributed by atoms with Crippen molar-refractivity contribution in [2.24, 2.45) is 0 Å². The number of benzene rings is 4. The molecule has 6 aromatic rings. The molecule has 0 spiro atoms. The first-order chi connectivity index (χ1) is 17.8. The van der Waals surface area contributed by atoms with Gasteiger partial charge in [0.05, 0.1) is 11.6 Å². The second-order valence-corrected chi connectivity index (χ2v) is 9.19. The van der Waals surface area contributed by atoms with Gasteiger partial charge in [-0.1, -0.05) is 12.1 Å². The summed E-state index contributed by atoms with van der Waals surface area (Å²) < 4.78 is 19.8. The molecule has 6 nitrogen and oxygen atoms in total. The average molecular weight is 489 g/mol. The zero-order valence-electron chi connectivity index (χ0n) is 20.1. The molecule has 0 radical (unpaired) electrons. The number of rotatable bonds is 4. The Kier molecular flexibility index (Phi) is 5.06.